The van der Waals surface area contributed by atoms with Crippen LogP contribution in [0.1, 0.15) is 45.7 Å². The molecule has 4 nitrogen and oxygen atoms in total. The van der Waals surface area contributed by atoms with Gasteiger partial charge in [-0.15, -0.1) is 0 Å². The highest BCUT2D eigenvalue weighted by atomic mass is 28.4. The number of aromatic nitrogens is 1. The maximum absolute atomic E-state index is 6.12. The minimum Gasteiger partial charge on any atom is -0.451 e. The van der Waals surface area contributed by atoms with E-state index in [9.17, 15) is 0 Å². The van der Waals surface area contributed by atoms with Crippen molar-refractivity contribution in [3.8, 4) is 0 Å². The fourth-order valence-electron chi connectivity index (χ4n) is 2.04. The molecule has 19 heavy (non-hydrogen) atoms. The summed E-state index contributed by atoms with van der Waals surface area (Å²) in [5.74, 6) is 0. The van der Waals surface area contributed by atoms with E-state index in [1.54, 1.807) is 6.26 Å². The summed E-state index contributed by atoms with van der Waals surface area (Å²) in [7, 11) is -2.00. The Balaban J connectivity index is 2.45. The molecule has 1 heterocycles. The highest BCUT2D eigenvalue weighted by Crippen LogP contribution is 2.22. The van der Waals surface area contributed by atoms with E-state index >= 15 is 0 Å². The topological polar surface area (TPSA) is 44.5 Å². The van der Waals surface area contributed by atoms with Crippen LogP contribution in [-0.2, 0) is 15.3 Å². The Morgan fingerprint density at radius 1 is 1.16 bits per heavy atom. The number of rotatable bonds is 11. The molecule has 0 spiro atoms. The molecule has 0 aliphatic rings. The molecule has 5 heteroatoms. The summed E-state index contributed by atoms with van der Waals surface area (Å²) in [6.45, 7) is 8.10. The molecule has 0 saturated carbocycles. The van der Waals surface area contributed by atoms with E-state index in [4.69, 9.17) is 13.3 Å². The van der Waals surface area contributed by atoms with Crippen LogP contribution in [0.5, 0.6) is 0 Å². The lowest BCUT2D eigenvalue weighted by molar-refractivity contribution is 0.167. The minimum atomic E-state index is -2.00. The van der Waals surface area contributed by atoms with E-state index in [1.165, 1.54) is 6.39 Å². The van der Waals surface area contributed by atoms with Crippen molar-refractivity contribution < 1.29 is 13.3 Å². The molecule has 0 aliphatic heterocycles. The summed E-state index contributed by atoms with van der Waals surface area (Å²) >= 11 is 0. The Morgan fingerprint density at radius 3 is 2.32 bits per heavy atom. The Labute approximate surface area is 117 Å². The molecule has 0 radical (unpaired) electrons. The van der Waals surface area contributed by atoms with E-state index in [0.717, 1.165) is 56.7 Å². The first-order chi connectivity index (χ1) is 9.26. The van der Waals surface area contributed by atoms with Gasteiger partial charge in [-0.2, -0.15) is 0 Å². The average Bonchev–Trinajstić information content (AvgIpc) is 2.95. The molecule has 0 bridgehead atoms. The van der Waals surface area contributed by atoms with Crippen molar-refractivity contribution in [1.82, 2.24) is 4.98 Å². The Kier molecular flexibility index (Phi) is 8.01. The fraction of sp³-hybridized carbons (Fsp3) is 0.786. The highest BCUT2D eigenvalue weighted by Gasteiger charge is 2.34. The lowest BCUT2D eigenvalue weighted by Crippen LogP contribution is -2.42. The van der Waals surface area contributed by atoms with E-state index in [0.29, 0.717) is 0 Å². The van der Waals surface area contributed by atoms with Gasteiger partial charge in [0.05, 0.1) is 5.69 Å². The first kappa shape index (κ1) is 16.4. The van der Waals surface area contributed by atoms with Gasteiger partial charge in [-0.25, -0.2) is 4.98 Å². The van der Waals surface area contributed by atoms with Crippen LogP contribution in [0.15, 0.2) is 17.1 Å². The summed E-state index contributed by atoms with van der Waals surface area (Å²) < 4.78 is 17.2. The molecule has 0 atom stereocenters. The van der Waals surface area contributed by atoms with Gasteiger partial charge in [0, 0.05) is 13.2 Å². The number of oxazole rings is 1. The zero-order valence-electron chi connectivity index (χ0n) is 12.5. The van der Waals surface area contributed by atoms with Crippen LogP contribution in [0.25, 0.3) is 0 Å². The molecular formula is C14H27NO3Si. The molecule has 0 amide bonds. The van der Waals surface area contributed by atoms with Gasteiger partial charge < -0.3 is 13.3 Å². The molecule has 0 saturated heterocycles. The molecule has 1 aromatic heterocycles. The summed E-state index contributed by atoms with van der Waals surface area (Å²) in [5, 5.41) is 0. The molecule has 0 aromatic carbocycles. The normalized spacial score (nSPS) is 11.9. The molecular weight excluding hydrogens is 258 g/mol. The largest absolute Gasteiger partial charge is 0.451 e. The van der Waals surface area contributed by atoms with Gasteiger partial charge in [-0.3, -0.25) is 0 Å². The van der Waals surface area contributed by atoms with Crippen molar-refractivity contribution in [3.63, 3.8) is 0 Å². The summed E-state index contributed by atoms with van der Waals surface area (Å²) in [5.41, 5.74) is 1.02. The number of hydrogen-bond donors (Lipinski definition) is 0. The second-order valence-electron chi connectivity index (χ2n) is 4.79. The van der Waals surface area contributed by atoms with E-state index in [-0.39, 0.29) is 0 Å². The van der Waals surface area contributed by atoms with Crippen LogP contribution in [0.4, 0.5) is 0 Å². The Hall–Kier alpha value is -0.653. The SMILES string of the molecule is CCCO[Si](CC)(CCCc1cocn1)OCCC. The number of aryl methyl sites for hydroxylation is 1. The van der Waals surface area contributed by atoms with E-state index < -0.39 is 8.56 Å². The Bertz CT molecular complexity index is 309. The average molecular weight is 285 g/mol. The van der Waals surface area contributed by atoms with Gasteiger partial charge >= 0.3 is 8.56 Å². The fourth-order valence-corrected chi connectivity index (χ4v) is 5.04. The van der Waals surface area contributed by atoms with Crippen LogP contribution in [0, 0.1) is 0 Å². The second kappa shape index (κ2) is 9.28. The number of nitrogens with zero attached hydrogens (tertiary/aromatic N) is 1. The third-order valence-corrected chi connectivity index (χ3v) is 6.80. The van der Waals surface area contributed by atoms with E-state index in [2.05, 4.69) is 25.8 Å². The van der Waals surface area contributed by atoms with Gasteiger partial charge in [0.1, 0.15) is 6.26 Å². The van der Waals surface area contributed by atoms with Crippen LogP contribution >= 0.6 is 0 Å². The first-order valence-corrected chi connectivity index (χ1v) is 9.64. The smallest absolute Gasteiger partial charge is 0.337 e. The molecule has 1 aromatic rings. The van der Waals surface area contributed by atoms with Crippen molar-refractivity contribution in [2.24, 2.45) is 0 Å². The molecule has 0 unspecified atom stereocenters. The summed E-state index contributed by atoms with van der Waals surface area (Å²) in [6.07, 6.45) is 7.30. The van der Waals surface area contributed by atoms with Crippen LogP contribution in [-0.4, -0.2) is 26.8 Å². The molecule has 0 aliphatic carbocycles. The van der Waals surface area contributed by atoms with Gasteiger partial charge in [-0.1, -0.05) is 20.8 Å². The van der Waals surface area contributed by atoms with Crippen molar-refractivity contribution in [1.29, 1.82) is 0 Å². The monoisotopic (exact) mass is 285 g/mol. The lowest BCUT2D eigenvalue weighted by atomic mass is 10.3. The lowest BCUT2D eigenvalue weighted by Gasteiger charge is -2.29. The third-order valence-electron chi connectivity index (χ3n) is 3.15. The zero-order valence-corrected chi connectivity index (χ0v) is 13.5. The molecule has 0 N–H and O–H groups in total. The summed E-state index contributed by atoms with van der Waals surface area (Å²) in [4.78, 5) is 4.15. The number of hydrogen-bond acceptors (Lipinski definition) is 4. The summed E-state index contributed by atoms with van der Waals surface area (Å²) in [6, 6.07) is 2.06. The molecule has 110 valence electrons. The van der Waals surface area contributed by atoms with Gasteiger partial charge in [0.2, 0.25) is 0 Å². The van der Waals surface area contributed by atoms with Gasteiger partial charge in [0.25, 0.3) is 0 Å². The maximum Gasteiger partial charge on any atom is 0.337 e. The highest BCUT2D eigenvalue weighted by molar-refractivity contribution is 6.67. The first-order valence-electron chi connectivity index (χ1n) is 7.41. The minimum absolute atomic E-state index is 0.813. The predicted molar refractivity (Wildman–Crippen MR) is 78.4 cm³/mol. The maximum atomic E-state index is 6.12. The Morgan fingerprint density at radius 2 is 1.84 bits per heavy atom. The molecule has 1 rings (SSSR count). The zero-order chi connectivity index (χ0) is 14.0. The van der Waals surface area contributed by atoms with Crippen LogP contribution in [0.3, 0.4) is 0 Å². The predicted octanol–water partition coefficient (Wildman–Crippen LogP) is 3.92. The van der Waals surface area contributed by atoms with Crippen molar-refractivity contribution >= 4 is 8.56 Å². The van der Waals surface area contributed by atoms with Crippen molar-refractivity contribution in [3.05, 3.63) is 18.4 Å². The van der Waals surface area contributed by atoms with Gasteiger partial charge in [-0.05, 0) is 37.8 Å². The van der Waals surface area contributed by atoms with Crippen molar-refractivity contribution in [2.75, 3.05) is 13.2 Å². The van der Waals surface area contributed by atoms with Crippen LogP contribution in [0.2, 0.25) is 12.1 Å². The third kappa shape index (κ3) is 5.89. The van der Waals surface area contributed by atoms with E-state index in [1.807, 2.05) is 0 Å². The quantitative estimate of drug-likeness (QED) is 0.578. The van der Waals surface area contributed by atoms with Crippen molar-refractivity contribution in [2.45, 2.75) is 58.5 Å². The van der Waals surface area contributed by atoms with Gasteiger partial charge in [0.15, 0.2) is 6.39 Å². The van der Waals surface area contributed by atoms with Crippen LogP contribution < -0.4 is 0 Å². The second-order valence-corrected chi connectivity index (χ2v) is 8.40. The molecule has 0 fully saturated rings. The standard InChI is InChI=1S/C14H27NO3Si/c1-4-9-17-19(6-3,18-10-5-2)11-7-8-14-12-16-13-15-14/h12-13H,4-11H2,1-3H3.